The Hall–Kier alpha value is -2.62. The highest BCUT2D eigenvalue weighted by Gasteiger charge is 2.46. The lowest BCUT2D eigenvalue weighted by Crippen LogP contribution is -2.52. The largest absolute Gasteiger partial charge is 0.501 e. The van der Waals surface area contributed by atoms with Gasteiger partial charge in [0.25, 0.3) is 5.56 Å². The molecule has 1 heterocycles. The summed E-state index contributed by atoms with van der Waals surface area (Å²) in [6, 6.07) is 0. The second kappa shape index (κ2) is 8.40. The van der Waals surface area contributed by atoms with Crippen molar-refractivity contribution in [2.75, 3.05) is 20.8 Å². The Kier molecular flexibility index (Phi) is 6.56. The monoisotopic (exact) mass is 411 g/mol. The Morgan fingerprint density at radius 2 is 1.90 bits per heavy atom. The number of aromatic nitrogens is 2. The Labute approximate surface area is 168 Å². The second-order valence-electron chi connectivity index (χ2n) is 8.30. The fourth-order valence-electron chi connectivity index (χ4n) is 3.50. The Bertz CT molecular complexity index is 820. The van der Waals surface area contributed by atoms with Crippen molar-refractivity contribution in [1.29, 1.82) is 0 Å². The maximum absolute atomic E-state index is 12.8. The minimum Gasteiger partial charge on any atom is -0.501 e. The van der Waals surface area contributed by atoms with Crippen molar-refractivity contribution in [2.24, 2.45) is 5.92 Å². The average molecular weight is 411 g/mol. The number of methoxy groups -OCH3 is 1. The fourth-order valence-corrected chi connectivity index (χ4v) is 3.50. The van der Waals surface area contributed by atoms with E-state index in [0.29, 0.717) is 25.7 Å². The molecule has 1 aliphatic rings. The van der Waals surface area contributed by atoms with Gasteiger partial charge in [-0.15, -0.1) is 0 Å². The van der Waals surface area contributed by atoms with E-state index >= 15 is 0 Å². The van der Waals surface area contributed by atoms with Crippen LogP contribution in [0.5, 0.6) is 5.75 Å². The van der Waals surface area contributed by atoms with Gasteiger partial charge >= 0.3 is 12.1 Å². The summed E-state index contributed by atoms with van der Waals surface area (Å²) >= 11 is 0. The van der Waals surface area contributed by atoms with Gasteiger partial charge < -0.3 is 24.7 Å². The lowest BCUT2D eigenvalue weighted by atomic mass is 9.75. The number of esters is 1. The van der Waals surface area contributed by atoms with Crippen LogP contribution in [-0.4, -0.2) is 63.5 Å². The number of nitrogens with one attached hydrogen (secondary N) is 1. The molecule has 0 radical (unpaired) electrons. The van der Waals surface area contributed by atoms with Crippen LogP contribution in [0.2, 0.25) is 0 Å². The first-order chi connectivity index (χ1) is 13.4. The quantitative estimate of drug-likeness (QED) is 0.633. The molecule has 1 aromatic heterocycles. The van der Waals surface area contributed by atoms with E-state index in [4.69, 9.17) is 4.74 Å². The molecule has 162 valence electrons. The van der Waals surface area contributed by atoms with Gasteiger partial charge in [0.05, 0.1) is 7.11 Å². The number of nitrogens with zero attached hydrogens (tertiary/aromatic N) is 2. The zero-order valence-electron chi connectivity index (χ0n) is 17.4. The minimum atomic E-state index is -1.08. The molecular formula is C19H29N3O7. The number of carbonyl (C=O) groups excluding carboxylic acids is 2. The summed E-state index contributed by atoms with van der Waals surface area (Å²) in [4.78, 5) is 45.1. The summed E-state index contributed by atoms with van der Waals surface area (Å²) < 4.78 is 10.1. The van der Waals surface area contributed by atoms with Crippen LogP contribution < -0.4 is 5.56 Å². The van der Waals surface area contributed by atoms with E-state index in [-0.39, 0.29) is 18.3 Å². The van der Waals surface area contributed by atoms with Gasteiger partial charge in [-0.1, -0.05) is 0 Å². The first kappa shape index (κ1) is 22.7. The number of ether oxygens (including phenoxy) is 2. The van der Waals surface area contributed by atoms with Gasteiger partial charge in [0, 0.05) is 13.7 Å². The lowest BCUT2D eigenvalue weighted by molar-refractivity contribution is -0.0152. The van der Waals surface area contributed by atoms with E-state index in [0.717, 1.165) is 7.11 Å². The van der Waals surface area contributed by atoms with Crippen LogP contribution in [-0.2, 0) is 15.0 Å². The molecule has 0 saturated heterocycles. The zero-order valence-corrected chi connectivity index (χ0v) is 17.4. The molecule has 1 aliphatic carbocycles. The third-order valence-corrected chi connectivity index (χ3v) is 5.21. The summed E-state index contributed by atoms with van der Waals surface area (Å²) in [7, 11) is 2.65. The summed E-state index contributed by atoms with van der Waals surface area (Å²) in [5.74, 6) is -1.70. The molecule has 1 aromatic rings. The molecule has 0 aromatic carbocycles. The molecule has 1 saturated carbocycles. The van der Waals surface area contributed by atoms with E-state index in [1.807, 2.05) is 0 Å². The number of hydrogen-bond acceptors (Lipinski definition) is 8. The Morgan fingerprint density at radius 3 is 2.38 bits per heavy atom. The second-order valence-corrected chi connectivity index (χ2v) is 8.30. The van der Waals surface area contributed by atoms with Crippen LogP contribution in [0.25, 0.3) is 0 Å². The van der Waals surface area contributed by atoms with E-state index in [1.165, 1.54) is 11.9 Å². The lowest BCUT2D eigenvalue weighted by Gasteiger charge is -2.45. The van der Waals surface area contributed by atoms with Crippen LogP contribution in [0.3, 0.4) is 0 Å². The van der Waals surface area contributed by atoms with Crippen LogP contribution >= 0.6 is 0 Å². The maximum atomic E-state index is 12.8. The molecule has 1 fully saturated rings. The Morgan fingerprint density at radius 1 is 1.31 bits per heavy atom. The third kappa shape index (κ3) is 4.69. The van der Waals surface area contributed by atoms with E-state index in [2.05, 4.69) is 14.7 Å². The number of rotatable bonds is 4. The first-order valence-electron chi connectivity index (χ1n) is 9.45. The smallest absolute Gasteiger partial charge is 0.410 e. The van der Waals surface area contributed by atoms with Crippen molar-refractivity contribution in [3.8, 4) is 5.75 Å². The normalized spacial score (nSPS) is 22.1. The highest BCUT2D eigenvalue weighted by Crippen LogP contribution is 2.42. The van der Waals surface area contributed by atoms with E-state index < -0.39 is 40.2 Å². The number of H-pyrrole nitrogens is 1. The number of aliphatic hydroxyl groups excluding tert-OH is 1. The maximum Gasteiger partial charge on any atom is 0.410 e. The number of aromatic hydroxyl groups is 1. The van der Waals surface area contributed by atoms with Crippen molar-refractivity contribution in [1.82, 2.24) is 14.9 Å². The van der Waals surface area contributed by atoms with Crippen LogP contribution in [0.4, 0.5) is 4.79 Å². The first-order valence-corrected chi connectivity index (χ1v) is 9.45. The van der Waals surface area contributed by atoms with Crippen molar-refractivity contribution in [3.63, 3.8) is 0 Å². The number of amides is 1. The molecule has 29 heavy (non-hydrogen) atoms. The molecule has 0 unspecified atom stereocenters. The predicted molar refractivity (Wildman–Crippen MR) is 103 cm³/mol. The van der Waals surface area contributed by atoms with Gasteiger partial charge in [-0.2, -0.15) is 0 Å². The van der Waals surface area contributed by atoms with Crippen LogP contribution in [0.15, 0.2) is 4.79 Å². The van der Waals surface area contributed by atoms with Gasteiger partial charge in [0.1, 0.15) is 17.0 Å². The highest BCUT2D eigenvalue weighted by atomic mass is 16.6. The van der Waals surface area contributed by atoms with Gasteiger partial charge in [0.2, 0.25) is 5.75 Å². The summed E-state index contributed by atoms with van der Waals surface area (Å²) in [6.45, 7) is 5.23. The number of aromatic amines is 1. The fraction of sp³-hybridized carbons (Fsp3) is 0.684. The standard InChI is InChI=1S/C19H29N3O7/c1-18(2,3)29-17(27)22(4)19(8-6-11(10-23)7-9-19)16-20-12(15(26)28-5)13(24)14(25)21-16/h11,23-24H,6-10H2,1-5H3,(H,20,21,25)/t11-,19-. The molecule has 0 atom stereocenters. The third-order valence-electron chi connectivity index (χ3n) is 5.21. The van der Waals surface area contributed by atoms with Crippen molar-refractivity contribution >= 4 is 12.1 Å². The van der Waals surface area contributed by atoms with Crippen molar-refractivity contribution in [3.05, 3.63) is 21.9 Å². The highest BCUT2D eigenvalue weighted by molar-refractivity contribution is 5.89. The number of hydrogen-bond donors (Lipinski definition) is 3. The van der Waals surface area contributed by atoms with Crippen LogP contribution in [0, 0.1) is 5.92 Å². The minimum absolute atomic E-state index is 0.0131. The van der Waals surface area contributed by atoms with Crippen LogP contribution in [0.1, 0.15) is 62.8 Å². The molecule has 3 N–H and O–H groups in total. The van der Waals surface area contributed by atoms with E-state index in [9.17, 15) is 24.6 Å². The molecule has 0 spiro atoms. The summed E-state index contributed by atoms with van der Waals surface area (Å²) in [5.41, 5.74) is -3.24. The van der Waals surface area contributed by atoms with Gasteiger partial charge in [0.15, 0.2) is 5.69 Å². The molecular weight excluding hydrogens is 382 g/mol. The topological polar surface area (TPSA) is 142 Å². The molecule has 0 aliphatic heterocycles. The average Bonchev–Trinajstić information content (AvgIpc) is 2.67. The van der Waals surface area contributed by atoms with Gasteiger partial charge in [-0.3, -0.25) is 9.69 Å². The predicted octanol–water partition coefficient (Wildman–Crippen LogP) is 1.51. The molecule has 1 amide bonds. The Balaban J connectivity index is 2.57. The number of aliphatic hydroxyl groups is 1. The number of carbonyl (C=O) groups is 2. The zero-order chi connectivity index (χ0) is 22.0. The SMILES string of the molecule is COC(=O)c1nc([C@]2(N(C)C(=O)OC(C)(C)C)CC[C@H](CO)CC2)[nH]c(=O)c1O. The molecule has 10 nitrogen and oxygen atoms in total. The molecule has 10 heteroatoms. The molecule has 0 bridgehead atoms. The van der Waals surface area contributed by atoms with Gasteiger partial charge in [-0.05, 0) is 52.4 Å². The van der Waals surface area contributed by atoms with Crippen molar-refractivity contribution < 1.29 is 29.3 Å². The van der Waals surface area contributed by atoms with E-state index in [1.54, 1.807) is 20.8 Å². The summed E-state index contributed by atoms with van der Waals surface area (Å²) in [6.07, 6.45) is 1.28. The summed E-state index contributed by atoms with van der Waals surface area (Å²) in [5, 5.41) is 19.4. The van der Waals surface area contributed by atoms with Gasteiger partial charge in [-0.25, -0.2) is 14.6 Å². The molecule has 2 rings (SSSR count). The van der Waals surface area contributed by atoms with Crippen molar-refractivity contribution in [2.45, 2.75) is 57.6 Å².